The summed E-state index contributed by atoms with van der Waals surface area (Å²) in [4.78, 5) is 11.3. The maximum absolute atomic E-state index is 11.3. The summed E-state index contributed by atoms with van der Waals surface area (Å²) >= 11 is 0. The van der Waals surface area contributed by atoms with E-state index >= 15 is 0 Å². The van der Waals surface area contributed by atoms with E-state index in [1.807, 2.05) is 30.3 Å². The first kappa shape index (κ1) is 15.0. The van der Waals surface area contributed by atoms with Gasteiger partial charge in [0.1, 0.15) is 0 Å². The molecular weight excluding hydrogens is 274 g/mol. The van der Waals surface area contributed by atoms with Gasteiger partial charge in [-0.25, -0.2) is 0 Å². The summed E-state index contributed by atoms with van der Waals surface area (Å²) in [7, 11) is -3.69. The predicted molar refractivity (Wildman–Crippen MR) is 71.8 cm³/mol. The molecule has 7 heteroatoms. The van der Waals surface area contributed by atoms with Crippen LogP contribution >= 0.6 is 10.8 Å². The van der Waals surface area contributed by atoms with Crippen LogP contribution in [-0.2, 0) is 20.4 Å². The second kappa shape index (κ2) is 7.40. The lowest BCUT2D eigenvalue weighted by molar-refractivity contribution is -0.120. The van der Waals surface area contributed by atoms with Crippen molar-refractivity contribution in [1.29, 1.82) is 0 Å². The Hall–Kier alpha value is -1.05. The average Bonchev–Trinajstić information content (AvgIpc) is 2.28. The Morgan fingerprint density at radius 1 is 1.28 bits per heavy atom. The smallest absolute Gasteiger partial charge is 0.319 e. The molecule has 1 rings (SSSR count). The third-order valence-electron chi connectivity index (χ3n) is 2.14. The Labute approximate surface area is 110 Å². The Morgan fingerprint density at radius 2 is 1.94 bits per heavy atom. The molecule has 0 spiro atoms. The van der Waals surface area contributed by atoms with Crippen LogP contribution in [-0.4, -0.2) is 31.2 Å². The Balaban J connectivity index is 2.14. The minimum absolute atomic E-state index is 0.0516. The van der Waals surface area contributed by atoms with E-state index in [1.165, 1.54) is 0 Å². The highest BCUT2D eigenvalue weighted by Crippen LogP contribution is 2.09. The molecule has 0 fully saturated rings. The lowest BCUT2D eigenvalue weighted by atomic mass is 10.1. The first-order valence-electron chi connectivity index (χ1n) is 5.40. The van der Waals surface area contributed by atoms with Crippen molar-refractivity contribution in [2.24, 2.45) is 0 Å². The van der Waals surface area contributed by atoms with E-state index in [9.17, 15) is 13.2 Å². The van der Waals surface area contributed by atoms with Crippen molar-refractivity contribution in [1.82, 2.24) is 5.32 Å². The number of carbonyl (C=O) groups excluding carboxylic acids is 1. The van der Waals surface area contributed by atoms with Gasteiger partial charge in [-0.15, -0.1) is 0 Å². The standard InChI is InChI=1S/C11H15NO4S2/c13-11(7-9-17-18(14,15)16)12-8-6-10-4-2-1-3-5-10/h1-5H,6-9H2,(H,12,13)(H,14,15,16). The van der Waals surface area contributed by atoms with E-state index in [-0.39, 0.29) is 18.1 Å². The van der Waals surface area contributed by atoms with Gasteiger partial charge in [-0.1, -0.05) is 30.3 Å². The lowest BCUT2D eigenvalue weighted by Crippen LogP contribution is -2.26. The van der Waals surface area contributed by atoms with Crippen molar-refractivity contribution in [3.63, 3.8) is 0 Å². The van der Waals surface area contributed by atoms with E-state index in [0.29, 0.717) is 17.3 Å². The second-order valence-electron chi connectivity index (χ2n) is 3.59. The number of rotatable bonds is 7. The van der Waals surface area contributed by atoms with Gasteiger partial charge in [0.2, 0.25) is 5.91 Å². The van der Waals surface area contributed by atoms with Crippen molar-refractivity contribution in [3.8, 4) is 0 Å². The SMILES string of the molecule is O=C(CCSS(=O)(=O)O)NCCc1ccccc1. The van der Waals surface area contributed by atoms with E-state index in [2.05, 4.69) is 5.32 Å². The molecule has 1 amide bonds. The molecule has 0 saturated carbocycles. The molecule has 18 heavy (non-hydrogen) atoms. The second-order valence-corrected chi connectivity index (χ2v) is 7.06. The van der Waals surface area contributed by atoms with Gasteiger partial charge in [0, 0.05) is 18.7 Å². The van der Waals surface area contributed by atoms with Crippen LogP contribution in [0.4, 0.5) is 0 Å². The monoisotopic (exact) mass is 289 g/mol. The van der Waals surface area contributed by atoms with Gasteiger partial charge < -0.3 is 5.32 Å². The van der Waals surface area contributed by atoms with Crippen LogP contribution < -0.4 is 5.32 Å². The van der Waals surface area contributed by atoms with E-state index in [4.69, 9.17) is 4.55 Å². The molecule has 5 nitrogen and oxygen atoms in total. The summed E-state index contributed by atoms with van der Waals surface area (Å²) in [5.74, 6) is -0.169. The van der Waals surface area contributed by atoms with Crippen LogP contribution in [0.2, 0.25) is 0 Å². The molecule has 1 aromatic carbocycles. The van der Waals surface area contributed by atoms with Crippen LogP contribution in [0.5, 0.6) is 0 Å². The molecule has 2 N–H and O–H groups in total. The fraction of sp³-hybridized carbons (Fsp3) is 0.364. The normalized spacial score (nSPS) is 11.2. The first-order valence-corrected chi connectivity index (χ1v) is 8.34. The summed E-state index contributed by atoms with van der Waals surface area (Å²) in [6, 6.07) is 9.73. The lowest BCUT2D eigenvalue weighted by Gasteiger charge is -2.04. The third-order valence-corrected chi connectivity index (χ3v) is 4.20. The minimum atomic E-state index is -4.05. The molecule has 0 aromatic heterocycles. The molecule has 0 aliphatic rings. The Kier molecular flexibility index (Phi) is 6.17. The predicted octanol–water partition coefficient (Wildman–Crippen LogP) is 1.27. The maximum Gasteiger partial charge on any atom is 0.319 e. The molecule has 0 unspecified atom stereocenters. The number of hydrogen-bond donors (Lipinski definition) is 2. The average molecular weight is 289 g/mol. The van der Waals surface area contributed by atoms with E-state index in [1.54, 1.807) is 0 Å². The van der Waals surface area contributed by atoms with Gasteiger partial charge in [-0.2, -0.15) is 8.42 Å². The number of nitrogens with one attached hydrogen (secondary N) is 1. The van der Waals surface area contributed by atoms with Crippen LogP contribution in [0.25, 0.3) is 0 Å². The van der Waals surface area contributed by atoms with Crippen LogP contribution in [0, 0.1) is 0 Å². The molecule has 0 saturated heterocycles. The molecule has 0 atom stereocenters. The number of benzene rings is 1. The zero-order chi connectivity index (χ0) is 13.4. The van der Waals surface area contributed by atoms with E-state index < -0.39 is 9.15 Å². The first-order chi connectivity index (χ1) is 8.47. The largest absolute Gasteiger partial charge is 0.356 e. The van der Waals surface area contributed by atoms with Crippen molar-refractivity contribution in [2.75, 3.05) is 12.3 Å². The van der Waals surface area contributed by atoms with Crippen LogP contribution in [0.3, 0.4) is 0 Å². The third kappa shape index (κ3) is 7.31. The van der Waals surface area contributed by atoms with Gasteiger partial charge in [-0.3, -0.25) is 9.35 Å². The fourth-order valence-electron chi connectivity index (χ4n) is 1.32. The molecule has 100 valence electrons. The fourth-order valence-corrected chi connectivity index (χ4v) is 2.68. The van der Waals surface area contributed by atoms with Crippen LogP contribution in [0.15, 0.2) is 30.3 Å². The van der Waals surface area contributed by atoms with Crippen molar-refractivity contribution >= 4 is 25.9 Å². The molecular formula is C11H15NO4S2. The number of carbonyl (C=O) groups is 1. The number of hydrogen-bond acceptors (Lipinski definition) is 4. The van der Waals surface area contributed by atoms with Gasteiger partial charge in [0.15, 0.2) is 0 Å². The van der Waals surface area contributed by atoms with Gasteiger partial charge in [-0.05, 0) is 22.8 Å². The van der Waals surface area contributed by atoms with Crippen molar-refractivity contribution < 1.29 is 17.8 Å². The summed E-state index contributed by atoms with van der Waals surface area (Å²) in [6.07, 6.45) is 0.803. The van der Waals surface area contributed by atoms with Gasteiger partial charge in [0.05, 0.1) is 0 Å². The molecule has 1 aromatic rings. The minimum Gasteiger partial charge on any atom is -0.356 e. The Morgan fingerprint density at radius 3 is 2.56 bits per heavy atom. The zero-order valence-electron chi connectivity index (χ0n) is 9.70. The summed E-state index contributed by atoms with van der Waals surface area (Å²) in [6.45, 7) is 0.513. The van der Waals surface area contributed by atoms with Crippen molar-refractivity contribution in [3.05, 3.63) is 35.9 Å². The molecule has 0 bridgehead atoms. The highest BCUT2D eigenvalue weighted by Gasteiger charge is 2.07. The highest BCUT2D eigenvalue weighted by atomic mass is 33.1. The maximum atomic E-state index is 11.3. The topological polar surface area (TPSA) is 83.5 Å². The van der Waals surface area contributed by atoms with Gasteiger partial charge >= 0.3 is 9.15 Å². The number of amides is 1. The van der Waals surface area contributed by atoms with Crippen LogP contribution in [0.1, 0.15) is 12.0 Å². The Bertz CT molecular complexity index is 473. The zero-order valence-corrected chi connectivity index (χ0v) is 11.3. The molecule has 0 aliphatic heterocycles. The molecule has 0 heterocycles. The highest BCUT2D eigenvalue weighted by molar-refractivity contribution is 8.69. The quantitative estimate of drug-likeness (QED) is 0.583. The summed E-state index contributed by atoms with van der Waals surface area (Å²) in [5, 5.41) is 2.69. The summed E-state index contributed by atoms with van der Waals surface area (Å²) < 4.78 is 29.3. The van der Waals surface area contributed by atoms with Gasteiger partial charge in [0.25, 0.3) is 0 Å². The molecule has 0 radical (unpaired) electrons. The molecule has 0 aliphatic carbocycles. The van der Waals surface area contributed by atoms with Crippen molar-refractivity contribution in [2.45, 2.75) is 12.8 Å². The summed E-state index contributed by atoms with van der Waals surface area (Å²) in [5.41, 5.74) is 1.13. The van der Waals surface area contributed by atoms with E-state index in [0.717, 1.165) is 12.0 Å².